The van der Waals surface area contributed by atoms with Crippen molar-refractivity contribution < 1.29 is 4.74 Å². The average molecular weight is 207 g/mol. The molecule has 2 N–H and O–H groups in total. The number of hydrogen-bond donors (Lipinski definition) is 1. The molecular weight excluding hydrogens is 186 g/mol. The van der Waals surface area contributed by atoms with E-state index in [1.807, 2.05) is 13.8 Å². The topological polar surface area (TPSA) is 35.2 Å². The van der Waals surface area contributed by atoms with Gasteiger partial charge in [0.25, 0.3) is 0 Å². The summed E-state index contributed by atoms with van der Waals surface area (Å²) >= 11 is 0. The Morgan fingerprint density at radius 2 is 1.73 bits per heavy atom. The highest BCUT2D eigenvalue weighted by Gasteiger charge is 2.16. The number of ether oxygens (including phenoxy) is 1. The maximum atomic E-state index is 5.82. The molecule has 0 heterocycles. The summed E-state index contributed by atoms with van der Waals surface area (Å²) in [5.41, 5.74) is 9.52. The van der Waals surface area contributed by atoms with Gasteiger partial charge >= 0.3 is 0 Å². The molecule has 0 aromatic heterocycles. The molecule has 0 aliphatic carbocycles. The van der Waals surface area contributed by atoms with Gasteiger partial charge in [-0.3, -0.25) is 0 Å². The number of hydrogen-bond acceptors (Lipinski definition) is 2. The molecule has 0 spiro atoms. The largest absolute Gasteiger partial charge is 0.370 e. The highest BCUT2D eigenvalue weighted by molar-refractivity contribution is 5.35. The van der Waals surface area contributed by atoms with Crippen molar-refractivity contribution in [2.24, 2.45) is 5.73 Å². The van der Waals surface area contributed by atoms with Crippen LogP contribution in [-0.2, 0) is 4.74 Å². The summed E-state index contributed by atoms with van der Waals surface area (Å²) in [6.07, 6.45) is 0.226. The fourth-order valence-electron chi connectivity index (χ4n) is 1.91. The maximum Gasteiger partial charge on any atom is 0.0955 e. The van der Waals surface area contributed by atoms with Crippen LogP contribution in [0.15, 0.2) is 18.2 Å². The molecule has 1 unspecified atom stereocenters. The number of nitrogens with two attached hydrogens (primary N) is 1. The van der Waals surface area contributed by atoms with Crippen molar-refractivity contribution in [2.45, 2.75) is 39.9 Å². The zero-order chi connectivity index (χ0) is 11.4. The van der Waals surface area contributed by atoms with E-state index in [-0.39, 0.29) is 12.2 Å². The molecule has 0 radical (unpaired) electrons. The fraction of sp³-hybridized carbons (Fsp3) is 0.538. The SMILES string of the molecule is Cc1cccc(C)c1C(CN)OC(C)C. The average Bonchev–Trinajstić information content (AvgIpc) is 2.15. The summed E-state index contributed by atoms with van der Waals surface area (Å²) in [6.45, 7) is 8.82. The van der Waals surface area contributed by atoms with Gasteiger partial charge < -0.3 is 10.5 Å². The molecule has 0 bridgehead atoms. The van der Waals surface area contributed by atoms with Gasteiger partial charge in [0.2, 0.25) is 0 Å². The first-order valence-electron chi connectivity index (χ1n) is 5.48. The van der Waals surface area contributed by atoms with Gasteiger partial charge in [0.05, 0.1) is 12.2 Å². The van der Waals surface area contributed by atoms with Gasteiger partial charge in [-0.05, 0) is 44.4 Å². The summed E-state index contributed by atoms with van der Waals surface area (Å²) in [5, 5.41) is 0. The van der Waals surface area contributed by atoms with Crippen LogP contribution in [0.3, 0.4) is 0 Å². The van der Waals surface area contributed by atoms with Crippen molar-refractivity contribution in [1.29, 1.82) is 0 Å². The number of aryl methyl sites for hydroxylation is 2. The molecule has 15 heavy (non-hydrogen) atoms. The third-order valence-corrected chi connectivity index (χ3v) is 2.51. The van der Waals surface area contributed by atoms with Crippen molar-refractivity contribution in [3.8, 4) is 0 Å². The van der Waals surface area contributed by atoms with Gasteiger partial charge in [-0.1, -0.05) is 18.2 Å². The summed E-state index contributed by atoms with van der Waals surface area (Å²) in [5.74, 6) is 0. The predicted octanol–water partition coefficient (Wildman–Crippen LogP) is 2.73. The quantitative estimate of drug-likeness (QED) is 0.824. The minimum atomic E-state index is 0.0196. The van der Waals surface area contributed by atoms with Crippen LogP contribution in [0.1, 0.15) is 36.6 Å². The van der Waals surface area contributed by atoms with E-state index in [1.54, 1.807) is 0 Å². The van der Waals surface area contributed by atoms with Crippen molar-refractivity contribution in [2.75, 3.05) is 6.54 Å². The van der Waals surface area contributed by atoms with Crippen molar-refractivity contribution in [1.82, 2.24) is 0 Å². The molecule has 1 aromatic rings. The summed E-state index contributed by atoms with van der Waals surface area (Å²) in [7, 11) is 0. The molecule has 0 aliphatic heterocycles. The van der Waals surface area contributed by atoms with Gasteiger partial charge in [0.15, 0.2) is 0 Å². The van der Waals surface area contributed by atoms with Crippen LogP contribution in [0.2, 0.25) is 0 Å². The second-order valence-electron chi connectivity index (χ2n) is 4.21. The van der Waals surface area contributed by atoms with Crippen molar-refractivity contribution in [3.05, 3.63) is 34.9 Å². The molecule has 0 fully saturated rings. The predicted molar refractivity (Wildman–Crippen MR) is 63.9 cm³/mol. The molecular formula is C13H21NO. The van der Waals surface area contributed by atoms with E-state index >= 15 is 0 Å². The lowest BCUT2D eigenvalue weighted by Crippen LogP contribution is -2.21. The van der Waals surface area contributed by atoms with Gasteiger partial charge in [-0.15, -0.1) is 0 Å². The molecule has 1 aromatic carbocycles. The molecule has 0 saturated heterocycles. The molecule has 1 rings (SSSR count). The Morgan fingerprint density at radius 1 is 1.20 bits per heavy atom. The Kier molecular flexibility index (Phi) is 4.30. The lowest BCUT2D eigenvalue weighted by Gasteiger charge is -2.22. The Balaban J connectivity index is 3.00. The van der Waals surface area contributed by atoms with E-state index in [0.717, 1.165) is 0 Å². The molecule has 1 atom stereocenters. The van der Waals surface area contributed by atoms with Crippen LogP contribution in [0.25, 0.3) is 0 Å². The highest BCUT2D eigenvalue weighted by Crippen LogP contribution is 2.25. The minimum Gasteiger partial charge on any atom is -0.370 e. The lowest BCUT2D eigenvalue weighted by atomic mass is 9.98. The van der Waals surface area contributed by atoms with Crippen molar-refractivity contribution in [3.63, 3.8) is 0 Å². The maximum absolute atomic E-state index is 5.82. The first-order valence-corrected chi connectivity index (χ1v) is 5.48. The lowest BCUT2D eigenvalue weighted by molar-refractivity contribution is 0.0113. The van der Waals surface area contributed by atoms with E-state index in [9.17, 15) is 0 Å². The van der Waals surface area contributed by atoms with Crippen LogP contribution >= 0.6 is 0 Å². The van der Waals surface area contributed by atoms with Gasteiger partial charge in [-0.25, -0.2) is 0 Å². The second kappa shape index (κ2) is 5.29. The van der Waals surface area contributed by atoms with E-state index in [0.29, 0.717) is 6.54 Å². The third-order valence-electron chi connectivity index (χ3n) is 2.51. The Hall–Kier alpha value is -0.860. The summed E-state index contributed by atoms with van der Waals surface area (Å²) in [6, 6.07) is 6.28. The molecule has 0 saturated carbocycles. The molecule has 0 amide bonds. The zero-order valence-electron chi connectivity index (χ0n) is 10.1. The molecule has 2 nitrogen and oxygen atoms in total. The molecule has 84 valence electrons. The summed E-state index contributed by atoms with van der Waals surface area (Å²) < 4.78 is 5.82. The van der Waals surface area contributed by atoms with E-state index in [1.165, 1.54) is 16.7 Å². The Bertz CT molecular complexity index is 300. The van der Waals surface area contributed by atoms with Crippen LogP contribution in [0, 0.1) is 13.8 Å². The Morgan fingerprint density at radius 3 is 2.13 bits per heavy atom. The zero-order valence-corrected chi connectivity index (χ0v) is 10.1. The first-order chi connectivity index (χ1) is 7.06. The number of rotatable bonds is 4. The van der Waals surface area contributed by atoms with E-state index < -0.39 is 0 Å². The standard InChI is InChI=1S/C13H21NO/c1-9(2)15-12(8-14)13-10(3)6-5-7-11(13)4/h5-7,9,12H,8,14H2,1-4H3. The van der Waals surface area contributed by atoms with Crippen LogP contribution in [0.5, 0.6) is 0 Å². The fourth-order valence-corrected chi connectivity index (χ4v) is 1.91. The van der Waals surface area contributed by atoms with Gasteiger partial charge in [-0.2, -0.15) is 0 Å². The molecule has 2 heteroatoms. The molecule has 0 aliphatic rings. The van der Waals surface area contributed by atoms with Crippen molar-refractivity contribution >= 4 is 0 Å². The second-order valence-corrected chi connectivity index (χ2v) is 4.21. The van der Waals surface area contributed by atoms with Crippen LogP contribution in [0.4, 0.5) is 0 Å². The minimum absolute atomic E-state index is 0.0196. The van der Waals surface area contributed by atoms with Gasteiger partial charge in [0.1, 0.15) is 0 Å². The summed E-state index contributed by atoms with van der Waals surface area (Å²) in [4.78, 5) is 0. The normalized spacial score (nSPS) is 13.2. The monoisotopic (exact) mass is 207 g/mol. The number of benzene rings is 1. The van der Waals surface area contributed by atoms with Crippen LogP contribution < -0.4 is 5.73 Å². The third kappa shape index (κ3) is 3.05. The highest BCUT2D eigenvalue weighted by atomic mass is 16.5. The smallest absolute Gasteiger partial charge is 0.0955 e. The van der Waals surface area contributed by atoms with E-state index in [2.05, 4.69) is 32.0 Å². The Labute approximate surface area is 92.4 Å². The van der Waals surface area contributed by atoms with Crippen LogP contribution in [-0.4, -0.2) is 12.6 Å². The van der Waals surface area contributed by atoms with Gasteiger partial charge in [0, 0.05) is 6.54 Å². The first kappa shape index (κ1) is 12.2. The van der Waals surface area contributed by atoms with E-state index in [4.69, 9.17) is 10.5 Å².